The van der Waals surface area contributed by atoms with Crippen LogP contribution in [0.3, 0.4) is 0 Å². The fraction of sp³-hybridized carbons (Fsp3) is 0.0870. The Kier molecular flexibility index (Phi) is 4.71. The van der Waals surface area contributed by atoms with Gasteiger partial charge >= 0.3 is 5.97 Å². The summed E-state index contributed by atoms with van der Waals surface area (Å²) in [6, 6.07) is 11.8. The van der Waals surface area contributed by atoms with Crippen LogP contribution in [0, 0.1) is 0 Å². The number of benzene rings is 2. The summed E-state index contributed by atoms with van der Waals surface area (Å²) >= 11 is 6.09. The van der Waals surface area contributed by atoms with Gasteiger partial charge in [-0.15, -0.1) is 0 Å². The summed E-state index contributed by atoms with van der Waals surface area (Å²) in [5, 5.41) is 0.632. The van der Waals surface area contributed by atoms with Gasteiger partial charge in [-0.3, -0.25) is 14.5 Å². The summed E-state index contributed by atoms with van der Waals surface area (Å²) in [7, 11) is 1.29. The minimum atomic E-state index is -0.855. The van der Waals surface area contributed by atoms with Gasteiger partial charge in [0.15, 0.2) is 5.43 Å². The van der Waals surface area contributed by atoms with Crippen LogP contribution in [0.5, 0.6) is 0 Å². The molecule has 0 radical (unpaired) electrons. The van der Waals surface area contributed by atoms with Gasteiger partial charge in [-0.1, -0.05) is 23.7 Å². The molecule has 0 saturated carbocycles. The lowest BCUT2D eigenvalue weighted by Gasteiger charge is -2.23. The molecule has 3 heterocycles. The number of fused-ring (bicyclic) bond motifs is 2. The highest BCUT2D eigenvalue weighted by Crippen LogP contribution is 2.40. The SMILES string of the molecule is COC(=O)c1ccc(C2c3c(oc4ccc(Cl)cc4c3=O)C(=O)N2c2ncccn2)cc1. The Bertz CT molecular complexity index is 1430. The van der Waals surface area contributed by atoms with Crippen molar-refractivity contribution in [2.45, 2.75) is 6.04 Å². The van der Waals surface area contributed by atoms with E-state index in [-0.39, 0.29) is 33.7 Å². The second-order valence-electron chi connectivity index (χ2n) is 7.05. The number of esters is 1. The third kappa shape index (κ3) is 3.04. The predicted octanol–water partition coefficient (Wildman–Crippen LogP) is 3.77. The van der Waals surface area contributed by atoms with Crippen molar-refractivity contribution >= 4 is 40.4 Å². The van der Waals surface area contributed by atoms with E-state index in [1.54, 1.807) is 42.5 Å². The normalized spacial score (nSPS) is 15.1. The minimum absolute atomic E-state index is 0.0840. The van der Waals surface area contributed by atoms with Crippen LogP contribution in [0.4, 0.5) is 5.95 Å². The Labute approximate surface area is 186 Å². The molecule has 0 spiro atoms. The molecule has 0 saturated heterocycles. The number of anilines is 1. The Morgan fingerprint density at radius 3 is 2.50 bits per heavy atom. The second kappa shape index (κ2) is 7.58. The van der Waals surface area contributed by atoms with Crippen molar-refractivity contribution in [3.05, 3.63) is 98.6 Å². The fourth-order valence-corrected chi connectivity index (χ4v) is 3.97. The van der Waals surface area contributed by atoms with E-state index in [0.29, 0.717) is 16.1 Å². The van der Waals surface area contributed by atoms with E-state index in [1.165, 1.54) is 30.5 Å². The van der Waals surface area contributed by atoms with Crippen molar-refractivity contribution in [2.75, 3.05) is 12.0 Å². The Balaban J connectivity index is 1.76. The van der Waals surface area contributed by atoms with Crippen LogP contribution < -0.4 is 10.3 Å². The highest BCUT2D eigenvalue weighted by Gasteiger charge is 2.44. The molecule has 2 aromatic heterocycles. The molecular weight excluding hydrogens is 434 g/mol. The third-order valence-corrected chi connectivity index (χ3v) is 5.48. The molecule has 0 fully saturated rings. The molecular formula is C23H14ClN3O5. The van der Waals surface area contributed by atoms with E-state index in [1.807, 2.05) is 0 Å². The zero-order valence-corrected chi connectivity index (χ0v) is 17.4. The maximum absolute atomic E-state index is 13.5. The highest BCUT2D eigenvalue weighted by atomic mass is 35.5. The quantitative estimate of drug-likeness (QED) is 0.440. The number of ether oxygens (including phenoxy) is 1. The molecule has 1 amide bonds. The molecule has 0 bridgehead atoms. The van der Waals surface area contributed by atoms with E-state index in [9.17, 15) is 14.4 Å². The highest BCUT2D eigenvalue weighted by molar-refractivity contribution is 6.31. The molecule has 8 nitrogen and oxygen atoms in total. The average molecular weight is 448 g/mol. The first-order chi connectivity index (χ1) is 15.5. The van der Waals surface area contributed by atoms with E-state index >= 15 is 0 Å². The molecule has 1 aliphatic heterocycles. The van der Waals surface area contributed by atoms with Gasteiger partial charge in [0.1, 0.15) is 5.58 Å². The smallest absolute Gasteiger partial charge is 0.337 e. The standard InChI is InChI=1S/C23H14ClN3O5/c1-31-22(30)13-5-3-12(4-6-13)18-17-19(28)15-11-14(24)7-8-16(15)32-20(17)21(29)27(18)23-25-9-2-10-26-23/h2-11,18H,1H3. The van der Waals surface area contributed by atoms with Crippen molar-refractivity contribution in [3.8, 4) is 0 Å². The zero-order chi connectivity index (χ0) is 22.4. The summed E-state index contributed by atoms with van der Waals surface area (Å²) in [6.07, 6.45) is 3.00. The van der Waals surface area contributed by atoms with Crippen LogP contribution in [0.15, 0.2) is 70.1 Å². The van der Waals surface area contributed by atoms with Crippen molar-refractivity contribution < 1.29 is 18.7 Å². The predicted molar refractivity (Wildman–Crippen MR) is 116 cm³/mol. The first kappa shape index (κ1) is 19.9. The Morgan fingerprint density at radius 2 is 1.81 bits per heavy atom. The van der Waals surface area contributed by atoms with Crippen LogP contribution in [-0.2, 0) is 4.74 Å². The molecule has 9 heteroatoms. The van der Waals surface area contributed by atoms with Gasteiger partial charge in [-0.25, -0.2) is 14.8 Å². The molecule has 158 valence electrons. The number of halogens is 1. The maximum atomic E-state index is 13.5. The van der Waals surface area contributed by atoms with Gasteiger partial charge in [0.2, 0.25) is 11.7 Å². The number of carbonyl (C=O) groups excluding carboxylic acids is 2. The molecule has 4 aromatic rings. The Hall–Kier alpha value is -4.04. The number of amides is 1. The number of hydrogen-bond donors (Lipinski definition) is 0. The molecule has 5 rings (SSSR count). The summed E-state index contributed by atoms with van der Waals surface area (Å²) in [6.45, 7) is 0. The number of methoxy groups -OCH3 is 1. The average Bonchev–Trinajstić information content (AvgIpc) is 3.12. The van der Waals surface area contributed by atoms with Gasteiger partial charge in [0.25, 0.3) is 5.91 Å². The number of nitrogens with zero attached hydrogens (tertiary/aromatic N) is 3. The van der Waals surface area contributed by atoms with Crippen molar-refractivity contribution in [1.29, 1.82) is 0 Å². The van der Waals surface area contributed by atoms with Gasteiger partial charge in [-0.05, 0) is 42.0 Å². The molecule has 1 atom stereocenters. The summed E-state index contributed by atoms with van der Waals surface area (Å²) in [5.74, 6) is -1.00. The van der Waals surface area contributed by atoms with E-state index in [0.717, 1.165) is 0 Å². The topological polar surface area (TPSA) is 103 Å². The van der Waals surface area contributed by atoms with Crippen LogP contribution in [0.25, 0.3) is 11.0 Å². The number of aromatic nitrogens is 2. The summed E-state index contributed by atoms with van der Waals surface area (Å²) in [4.78, 5) is 48.4. The molecule has 2 aromatic carbocycles. The number of rotatable bonds is 3. The van der Waals surface area contributed by atoms with Crippen molar-refractivity contribution in [1.82, 2.24) is 9.97 Å². The van der Waals surface area contributed by atoms with Crippen LogP contribution in [-0.4, -0.2) is 29.0 Å². The first-order valence-electron chi connectivity index (χ1n) is 9.54. The zero-order valence-electron chi connectivity index (χ0n) is 16.6. The van der Waals surface area contributed by atoms with E-state index in [4.69, 9.17) is 20.8 Å². The molecule has 32 heavy (non-hydrogen) atoms. The van der Waals surface area contributed by atoms with Gasteiger partial charge in [0.05, 0.1) is 29.7 Å². The number of carbonyl (C=O) groups is 2. The van der Waals surface area contributed by atoms with Gasteiger partial charge in [-0.2, -0.15) is 0 Å². The summed E-state index contributed by atoms with van der Waals surface area (Å²) in [5.41, 5.74) is 0.939. The fourth-order valence-electron chi connectivity index (χ4n) is 3.80. The van der Waals surface area contributed by atoms with Crippen LogP contribution >= 0.6 is 11.6 Å². The first-order valence-corrected chi connectivity index (χ1v) is 9.92. The summed E-state index contributed by atoms with van der Waals surface area (Å²) < 4.78 is 10.6. The van der Waals surface area contributed by atoms with Gasteiger partial charge in [0, 0.05) is 17.4 Å². The monoisotopic (exact) mass is 447 g/mol. The molecule has 0 N–H and O–H groups in total. The third-order valence-electron chi connectivity index (χ3n) is 5.25. The lowest BCUT2D eigenvalue weighted by molar-refractivity contribution is 0.0600. The molecule has 0 aliphatic carbocycles. The minimum Gasteiger partial charge on any atom is -0.465 e. The van der Waals surface area contributed by atoms with Gasteiger partial charge < -0.3 is 9.15 Å². The number of hydrogen-bond acceptors (Lipinski definition) is 7. The Morgan fingerprint density at radius 1 is 1.09 bits per heavy atom. The maximum Gasteiger partial charge on any atom is 0.337 e. The molecule has 1 aliphatic rings. The largest absolute Gasteiger partial charge is 0.465 e. The van der Waals surface area contributed by atoms with Crippen LogP contribution in [0.2, 0.25) is 5.02 Å². The lowest BCUT2D eigenvalue weighted by Crippen LogP contribution is -2.31. The van der Waals surface area contributed by atoms with Crippen LogP contribution in [0.1, 0.15) is 38.1 Å². The lowest BCUT2D eigenvalue weighted by atomic mass is 9.97. The molecule has 1 unspecified atom stereocenters. The van der Waals surface area contributed by atoms with E-state index < -0.39 is 17.9 Å². The van der Waals surface area contributed by atoms with Crippen molar-refractivity contribution in [2.24, 2.45) is 0 Å². The van der Waals surface area contributed by atoms with E-state index in [2.05, 4.69) is 9.97 Å². The van der Waals surface area contributed by atoms with Crippen molar-refractivity contribution in [3.63, 3.8) is 0 Å². The second-order valence-corrected chi connectivity index (χ2v) is 7.49.